The van der Waals surface area contributed by atoms with E-state index < -0.39 is 0 Å². The Morgan fingerprint density at radius 2 is 2.05 bits per heavy atom. The zero-order valence-corrected chi connectivity index (χ0v) is 12.3. The van der Waals surface area contributed by atoms with E-state index in [0.29, 0.717) is 6.54 Å². The predicted molar refractivity (Wildman–Crippen MR) is 82.5 cm³/mol. The molecule has 4 heteroatoms. The average molecular weight is 285 g/mol. The molecule has 1 heterocycles. The fourth-order valence-electron chi connectivity index (χ4n) is 2.59. The largest absolute Gasteiger partial charge is 0.493 e. The first-order chi connectivity index (χ1) is 10.3. The summed E-state index contributed by atoms with van der Waals surface area (Å²) in [6.07, 6.45) is 0.979. The third-order valence-electron chi connectivity index (χ3n) is 3.66. The van der Waals surface area contributed by atoms with Crippen LogP contribution in [0, 0.1) is 0 Å². The Bertz CT molecular complexity index is 640. The summed E-state index contributed by atoms with van der Waals surface area (Å²) in [6.45, 7) is 1.46. The molecule has 0 unspecified atom stereocenters. The highest BCUT2D eigenvalue weighted by molar-refractivity contribution is 5.54. The first-order valence-corrected chi connectivity index (χ1v) is 7.01. The molecule has 0 atom stereocenters. The molecule has 2 aromatic rings. The van der Waals surface area contributed by atoms with Crippen LogP contribution in [0.2, 0.25) is 0 Å². The summed E-state index contributed by atoms with van der Waals surface area (Å²) in [6, 6.07) is 12.1. The van der Waals surface area contributed by atoms with Crippen molar-refractivity contribution in [3.8, 4) is 17.2 Å². The van der Waals surface area contributed by atoms with Crippen LogP contribution in [0.3, 0.4) is 0 Å². The van der Waals surface area contributed by atoms with Gasteiger partial charge in [0.1, 0.15) is 5.75 Å². The molecule has 0 spiro atoms. The van der Waals surface area contributed by atoms with Gasteiger partial charge in [0.15, 0.2) is 11.5 Å². The van der Waals surface area contributed by atoms with Crippen LogP contribution in [-0.2, 0) is 13.0 Å². The number of benzene rings is 2. The van der Waals surface area contributed by atoms with Crippen LogP contribution in [0.1, 0.15) is 11.1 Å². The van der Waals surface area contributed by atoms with E-state index >= 15 is 0 Å². The number of fused-ring (bicyclic) bond motifs is 1. The highest BCUT2D eigenvalue weighted by Gasteiger charge is 2.13. The molecule has 0 fully saturated rings. The van der Waals surface area contributed by atoms with Crippen molar-refractivity contribution in [1.82, 2.24) is 0 Å². The number of anilines is 1. The molecule has 0 aromatic heterocycles. The Balaban J connectivity index is 1.76. The Hall–Kier alpha value is -2.36. The van der Waals surface area contributed by atoms with Crippen molar-refractivity contribution in [3.63, 3.8) is 0 Å². The SMILES string of the molecule is COc1cccc(CNc2ccc3c(c2)CCO3)c1OC. The summed E-state index contributed by atoms with van der Waals surface area (Å²) in [4.78, 5) is 0. The molecular weight excluding hydrogens is 266 g/mol. The minimum Gasteiger partial charge on any atom is -0.493 e. The van der Waals surface area contributed by atoms with Gasteiger partial charge in [-0.3, -0.25) is 0 Å². The van der Waals surface area contributed by atoms with E-state index in [9.17, 15) is 0 Å². The molecule has 0 saturated carbocycles. The van der Waals surface area contributed by atoms with Crippen LogP contribution in [0.25, 0.3) is 0 Å². The lowest BCUT2D eigenvalue weighted by Crippen LogP contribution is -2.03. The maximum absolute atomic E-state index is 5.52. The van der Waals surface area contributed by atoms with Gasteiger partial charge in [0.25, 0.3) is 0 Å². The first kappa shape index (κ1) is 13.6. The van der Waals surface area contributed by atoms with Crippen LogP contribution in [0.5, 0.6) is 17.2 Å². The normalized spacial score (nSPS) is 12.5. The smallest absolute Gasteiger partial charge is 0.165 e. The quantitative estimate of drug-likeness (QED) is 0.915. The van der Waals surface area contributed by atoms with Gasteiger partial charge in [0, 0.05) is 24.2 Å². The number of hydrogen-bond donors (Lipinski definition) is 1. The Morgan fingerprint density at radius 1 is 1.14 bits per heavy atom. The highest BCUT2D eigenvalue weighted by atomic mass is 16.5. The van der Waals surface area contributed by atoms with Crippen LogP contribution < -0.4 is 19.5 Å². The van der Waals surface area contributed by atoms with Crippen molar-refractivity contribution < 1.29 is 14.2 Å². The molecule has 3 rings (SSSR count). The van der Waals surface area contributed by atoms with Crippen LogP contribution in [-0.4, -0.2) is 20.8 Å². The van der Waals surface area contributed by atoms with Gasteiger partial charge in [0.05, 0.1) is 20.8 Å². The zero-order chi connectivity index (χ0) is 14.7. The Morgan fingerprint density at radius 3 is 2.86 bits per heavy atom. The third-order valence-corrected chi connectivity index (χ3v) is 3.66. The summed E-state index contributed by atoms with van der Waals surface area (Å²) in [5.41, 5.74) is 3.41. The van der Waals surface area contributed by atoms with Crippen molar-refractivity contribution in [2.24, 2.45) is 0 Å². The molecule has 0 radical (unpaired) electrons. The van der Waals surface area contributed by atoms with Gasteiger partial charge in [-0.05, 0) is 29.8 Å². The maximum atomic E-state index is 5.52. The van der Waals surface area contributed by atoms with Gasteiger partial charge in [0.2, 0.25) is 0 Å². The van der Waals surface area contributed by atoms with Crippen LogP contribution >= 0.6 is 0 Å². The lowest BCUT2D eigenvalue weighted by atomic mass is 10.1. The highest BCUT2D eigenvalue weighted by Crippen LogP contribution is 2.32. The topological polar surface area (TPSA) is 39.7 Å². The molecule has 21 heavy (non-hydrogen) atoms. The van der Waals surface area contributed by atoms with Crippen molar-refractivity contribution in [3.05, 3.63) is 47.5 Å². The number of methoxy groups -OCH3 is 2. The number of nitrogens with one attached hydrogen (secondary N) is 1. The number of rotatable bonds is 5. The van der Waals surface area contributed by atoms with Crippen LogP contribution in [0.15, 0.2) is 36.4 Å². The summed E-state index contributed by atoms with van der Waals surface area (Å²) >= 11 is 0. The molecule has 110 valence electrons. The van der Waals surface area contributed by atoms with Crippen molar-refractivity contribution in [2.45, 2.75) is 13.0 Å². The summed E-state index contributed by atoms with van der Waals surface area (Å²) in [5, 5.41) is 3.43. The van der Waals surface area contributed by atoms with Crippen LogP contribution in [0.4, 0.5) is 5.69 Å². The number of ether oxygens (including phenoxy) is 3. The first-order valence-electron chi connectivity index (χ1n) is 7.01. The van der Waals surface area contributed by atoms with E-state index in [1.54, 1.807) is 14.2 Å². The summed E-state index contributed by atoms with van der Waals surface area (Å²) in [5.74, 6) is 2.52. The van der Waals surface area contributed by atoms with E-state index in [4.69, 9.17) is 14.2 Å². The fraction of sp³-hybridized carbons (Fsp3) is 0.294. The number of para-hydroxylation sites is 1. The standard InChI is InChI=1S/C17H19NO3/c1-19-16-5-3-4-13(17(16)20-2)11-18-14-6-7-15-12(10-14)8-9-21-15/h3-7,10,18H,8-9,11H2,1-2H3. The van der Waals surface area contributed by atoms with Gasteiger partial charge in [-0.25, -0.2) is 0 Å². The summed E-state index contributed by atoms with van der Waals surface area (Å²) < 4.78 is 16.3. The van der Waals surface area contributed by atoms with E-state index in [1.165, 1.54) is 5.56 Å². The molecular formula is C17H19NO3. The van der Waals surface area contributed by atoms with Crippen molar-refractivity contribution in [2.75, 3.05) is 26.1 Å². The van der Waals surface area contributed by atoms with Gasteiger partial charge in [-0.15, -0.1) is 0 Å². The Kier molecular flexibility index (Phi) is 3.86. The Labute approximate surface area is 124 Å². The van der Waals surface area contributed by atoms with Gasteiger partial charge >= 0.3 is 0 Å². The second-order valence-corrected chi connectivity index (χ2v) is 4.93. The molecule has 1 N–H and O–H groups in total. The third kappa shape index (κ3) is 2.75. The molecule has 0 saturated heterocycles. The maximum Gasteiger partial charge on any atom is 0.165 e. The fourth-order valence-corrected chi connectivity index (χ4v) is 2.59. The second kappa shape index (κ2) is 5.95. The lowest BCUT2D eigenvalue weighted by molar-refractivity contribution is 0.352. The van der Waals surface area contributed by atoms with Gasteiger partial charge < -0.3 is 19.5 Å². The minimum atomic E-state index is 0.681. The minimum absolute atomic E-state index is 0.681. The van der Waals surface area contributed by atoms with E-state index in [1.807, 2.05) is 30.3 Å². The molecule has 0 bridgehead atoms. The van der Waals surface area contributed by atoms with E-state index in [0.717, 1.165) is 41.5 Å². The van der Waals surface area contributed by atoms with Crippen molar-refractivity contribution in [1.29, 1.82) is 0 Å². The second-order valence-electron chi connectivity index (χ2n) is 4.93. The molecule has 1 aliphatic heterocycles. The molecule has 4 nitrogen and oxygen atoms in total. The predicted octanol–water partition coefficient (Wildman–Crippen LogP) is 3.25. The van der Waals surface area contributed by atoms with Gasteiger partial charge in [-0.2, -0.15) is 0 Å². The summed E-state index contributed by atoms with van der Waals surface area (Å²) in [7, 11) is 3.31. The zero-order valence-electron chi connectivity index (χ0n) is 12.3. The average Bonchev–Trinajstić information content (AvgIpc) is 2.99. The molecule has 2 aromatic carbocycles. The lowest BCUT2D eigenvalue weighted by Gasteiger charge is -2.14. The molecule has 1 aliphatic rings. The van der Waals surface area contributed by atoms with E-state index in [-0.39, 0.29) is 0 Å². The molecule has 0 aliphatic carbocycles. The number of hydrogen-bond acceptors (Lipinski definition) is 4. The van der Waals surface area contributed by atoms with Crippen molar-refractivity contribution >= 4 is 5.69 Å². The van der Waals surface area contributed by atoms with Gasteiger partial charge in [-0.1, -0.05) is 12.1 Å². The molecule has 0 amide bonds. The van der Waals surface area contributed by atoms with E-state index in [2.05, 4.69) is 11.4 Å². The monoisotopic (exact) mass is 285 g/mol.